The summed E-state index contributed by atoms with van der Waals surface area (Å²) in [5.41, 5.74) is 0.718. The molecule has 1 nitrogen and oxygen atoms in total. The van der Waals surface area contributed by atoms with Crippen LogP contribution in [0, 0.1) is 29.6 Å². The lowest BCUT2D eigenvalue weighted by Crippen LogP contribution is -2.46. The summed E-state index contributed by atoms with van der Waals surface area (Å²) in [7, 11) is 0. The Kier molecular flexibility index (Phi) is 2.61. The van der Waals surface area contributed by atoms with Gasteiger partial charge < -0.3 is 4.74 Å². The van der Waals surface area contributed by atoms with Gasteiger partial charge in [-0.15, -0.1) is 0 Å². The van der Waals surface area contributed by atoms with Crippen LogP contribution >= 0.6 is 15.9 Å². The third-order valence-electron chi connectivity index (χ3n) is 4.81. The molecule has 0 amide bonds. The minimum atomic E-state index is 0.718. The van der Waals surface area contributed by atoms with Crippen molar-refractivity contribution < 1.29 is 4.74 Å². The maximum absolute atomic E-state index is 5.58. The first-order valence-corrected chi connectivity index (χ1v) is 7.12. The maximum Gasteiger partial charge on any atom is 0.102 e. The zero-order valence-corrected chi connectivity index (χ0v) is 10.2. The van der Waals surface area contributed by atoms with Crippen molar-refractivity contribution in [1.29, 1.82) is 0 Å². The Morgan fingerprint density at radius 1 is 0.929 bits per heavy atom. The first kappa shape index (κ1) is 9.65. The van der Waals surface area contributed by atoms with Crippen LogP contribution in [0.1, 0.15) is 32.1 Å². The van der Waals surface area contributed by atoms with E-state index in [0.717, 1.165) is 41.7 Å². The van der Waals surface area contributed by atoms with Gasteiger partial charge in [-0.3, -0.25) is 0 Å². The molecule has 2 heteroatoms. The fourth-order valence-electron chi connectivity index (χ4n) is 4.49. The van der Waals surface area contributed by atoms with E-state index in [0.29, 0.717) is 0 Å². The van der Waals surface area contributed by atoms with Crippen LogP contribution in [0.2, 0.25) is 0 Å². The Labute approximate surface area is 94.7 Å². The quantitative estimate of drug-likeness (QED) is 0.705. The van der Waals surface area contributed by atoms with Crippen molar-refractivity contribution in [2.24, 2.45) is 29.6 Å². The molecule has 4 rings (SSSR count). The minimum absolute atomic E-state index is 0.718. The van der Waals surface area contributed by atoms with E-state index in [4.69, 9.17) is 4.74 Å². The first-order valence-electron chi connectivity index (χ1n) is 6.00. The van der Waals surface area contributed by atoms with Gasteiger partial charge in [0.15, 0.2) is 0 Å². The van der Waals surface area contributed by atoms with Gasteiger partial charge in [0, 0.05) is 0 Å². The van der Waals surface area contributed by atoms with E-state index in [9.17, 15) is 0 Å². The summed E-state index contributed by atoms with van der Waals surface area (Å²) < 4.78 is 5.58. The van der Waals surface area contributed by atoms with Crippen molar-refractivity contribution in [1.82, 2.24) is 0 Å². The molecule has 4 bridgehead atoms. The molecule has 0 heterocycles. The van der Waals surface area contributed by atoms with Crippen LogP contribution in [0.4, 0.5) is 0 Å². The summed E-state index contributed by atoms with van der Waals surface area (Å²) >= 11 is 3.35. The monoisotopic (exact) mass is 258 g/mol. The molecule has 4 aliphatic carbocycles. The van der Waals surface area contributed by atoms with Crippen LogP contribution in [0.15, 0.2) is 0 Å². The van der Waals surface area contributed by atoms with Gasteiger partial charge in [-0.2, -0.15) is 0 Å². The first-order chi connectivity index (χ1) is 6.86. The van der Waals surface area contributed by atoms with Gasteiger partial charge in [-0.25, -0.2) is 0 Å². The van der Waals surface area contributed by atoms with E-state index >= 15 is 0 Å². The molecular weight excluding hydrogens is 240 g/mol. The Balaban J connectivity index is 1.69. The summed E-state index contributed by atoms with van der Waals surface area (Å²) in [5.74, 6) is 5.13. The summed E-state index contributed by atoms with van der Waals surface area (Å²) in [6.45, 7) is 1.01. The van der Waals surface area contributed by atoms with Gasteiger partial charge in [-0.05, 0) is 61.7 Å². The fourth-order valence-corrected chi connectivity index (χ4v) is 4.68. The molecule has 4 aliphatic rings. The number of hydrogen-bond acceptors (Lipinski definition) is 1. The van der Waals surface area contributed by atoms with E-state index in [1.54, 1.807) is 6.42 Å². The van der Waals surface area contributed by atoms with Crippen LogP contribution < -0.4 is 0 Å². The Morgan fingerprint density at radius 2 is 1.50 bits per heavy atom. The second kappa shape index (κ2) is 3.79. The fraction of sp³-hybridized carbons (Fsp3) is 1.00. The third-order valence-corrected chi connectivity index (χ3v) is 5.13. The predicted octanol–water partition coefficient (Wildman–Crippen LogP) is 3.43. The van der Waals surface area contributed by atoms with Gasteiger partial charge in [-0.1, -0.05) is 15.9 Å². The van der Waals surface area contributed by atoms with Crippen LogP contribution in [0.25, 0.3) is 0 Å². The molecule has 0 spiro atoms. The van der Waals surface area contributed by atoms with Crippen LogP contribution in [0.5, 0.6) is 0 Å². The lowest BCUT2D eigenvalue weighted by molar-refractivity contribution is -0.0655. The summed E-state index contributed by atoms with van der Waals surface area (Å²) in [5, 5.41) is 0. The molecule has 0 saturated heterocycles. The number of rotatable bonds is 3. The molecule has 4 saturated carbocycles. The number of halogens is 1. The Bertz CT molecular complexity index is 188. The normalized spacial score (nSPS) is 49.9. The Morgan fingerprint density at radius 3 is 2.00 bits per heavy atom. The van der Waals surface area contributed by atoms with Crippen molar-refractivity contribution in [3.8, 4) is 0 Å². The van der Waals surface area contributed by atoms with Crippen molar-refractivity contribution >= 4 is 15.9 Å². The lowest BCUT2D eigenvalue weighted by Gasteiger charge is -2.54. The summed E-state index contributed by atoms with van der Waals surface area (Å²) in [4.78, 5) is 0. The van der Waals surface area contributed by atoms with Gasteiger partial charge in [0.25, 0.3) is 0 Å². The third kappa shape index (κ3) is 1.55. The molecule has 0 aromatic carbocycles. The van der Waals surface area contributed by atoms with Crippen LogP contribution in [0.3, 0.4) is 0 Å². The molecular formula is C12H19BrO. The lowest BCUT2D eigenvalue weighted by atomic mass is 9.52. The zero-order chi connectivity index (χ0) is 9.54. The number of ether oxygens (including phenoxy) is 1. The van der Waals surface area contributed by atoms with Crippen molar-refractivity contribution in [2.75, 3.05) is 12.1 Å². The SMILES string of the molecule is BrCOCC1C2CC3CC(C2)CC1C3. The minimum Gasteiger partial charge on any atom is -0.370 e. The maximum atomic E-state index is 5.58. The molecule has 0 aromatic heterocycles. The van der Waals surface area contributed by atoms with Gasteiger partial charge >= 0.3 is 0 Å². The van der Waals surface area contributed by atoms with Gasteiger partial charge in [0.1, 0.15) is 5.52 Å². The average Bonchev–Trinajstić information content (AvgIpc) is 2.15. The molecule has 14 heavy (non-hydrogen) atoms. The summed E-state index contributed by atoms with van der Waals surface area (Å²) in [6, 6.07) is 0. The average molecular weight is 259 g/mol. The van der Waals surface area contributed by atoms with E-state index in [2.05, 4.69) is 15.9 Å². The standard InChI is InChI=1S/C12H19BrO/c13-7-14-6-12-10-2-8-1-9(4-10)5-11(12)3-8/h8-12H,1-7H2. The Hall–Kier alpha value is 0.440. The molecule has 0 unspecified atom stereocenters. The zero-order valence-electron chi connectivity index (χ0n) is 8.62. The summed E-state index contributed by atoms with van der Waals surface area (Å²) in [6.07, 6.45) is 7.62. The molecule has 0 aromatic rings. The van der Waals surface area contributed by atoms with Crippen molar-refractivity contribution in [3.05, 3.63) is 0 Å². The van der Waals surface area contributed by atoms with Crippen molar-refractivity contribution in [2.45, 2.75) is 32.1 Å². The second-order valence-corrected chi connectivity index (χ2v) is 6.03. The molecule has 0 radical (unpaired) electrons. The van der Waals surface area contributed by atoms with E-state index in [1.165, 1.54) is 25.7 Å². The van der Waals surface area contributed by atoms with Crippen molar-refractivity contribution in [3.63, 3.8) is 0 Å². The highest BCUT2D eigenvalue weighted by Gasteiger charge is 2.47. The van der Waals surface area contributed by atoms with E-state index in [1.807, 2.05) is 0 Å². The van der Waals surface area contributed by atoms with Gasteiger partial charge in [0.05, 0.1) is 6.61 Å². The highest BCUT2D eigenvalue weighted by Crippen LogP contribution is 2.56. The van der Waals surface area contributed by atoms with E-state index < -0.39 is 0 Å². The highest BCUT2D eigenvalue weighted by molar-refractivity contribution is 9.09. The largest absolute Gasteiger partial charge is 0.370 e. The van der Waals surface area contributed by atoms with Crippen LogP contribution in [-0.4, -0.2) is 12.1 Å². The second-order valence-electron chi connectivity index (χ2n) is 5.57. The number of hydrogen-bond donors (Lipinski definition) is 0. The molecule has 0 aliphatic heterocycles. The topological polar surface area (TPSA) is 9.23 Å². The smallest absolute Gasteiger partial charge is 0.102 e. The van der Waals surface area contributed by atoms with Crippen LogP contribution in [-0.2, 0) is 4.74 Å². The molecule has 0 N–H and O–H groups in total. The highest BCUT2D eigenvalue weighted by atomic mass is 79.9. The van der Waals surface area contributed by atoms with E-state index in [-0.39, 0.29) is 0 Å². The molecule has 4 fully saturated rings. The predicted molar refractivity (Wildman–Crippen MR) is 60.3 cm³/mol. The van der Waals surface area contributed by atoms with Gasteiger partial charge in [0.2, 0.25) is 0 Å². The number of alkyl halides is 1. The molecule has 80 valence electrons. The molecule has 0 atom stereocenters.